The van der Waals surface area contributed by atoms with E-state index < -0.39 is 0 Å². The minimum atomic E-state index is -0.294. The Bertz CT molecular complexity index is 543. The second-order valence-electron chi connectivity index (χ2n) is 5.44. The van der Waals surface area contributed by atoms with E-state index in [1.807, 2.05) is 13.0 Å². The average Bonchev–Trinajstić information content (AvgIpc) is 2.63. The van der Waals surface area contributed by atoms with Crippen molar-refractivity contribution in [1.29, 1.82) is 0 Å². The second kappa shape index (κ2) is 4.33. The number of fused-ring (bicyclic) bond motifs is 1. The molecule has 3 amide bonds. The number of hydrogen-bond donors (Lipinski definition) is 0. The predicted octanol–water partition coefficient (Wildman–Crippen LogP) is 1.96. The van der Waals surface area contributed by atoms with Gasteiger partial charge in [0, 0.05) is 12.7 Å². The van der Waals surface area contributed by atoms with E-state index in [2.05, 4.69) is 11.9 Å². The SMILES string of the molecule is Cc1cccnc1N1C(=O)[C@H]2C[C@H](C)CCN2C1=O. The monoisotopic (exact) mass is 259 g/mol. The predicted molar refractivity (Wildman–Crippen MR) is 70.7 cm³/mol. The van der Waals surface area contributed by atoms with Crippen LogP contribution in [0.3, 0.4) is 0 Å². The molecule has 2 fully saturated rings. The number of amides is 3. The second-order valence-corrected chi connectivity index (χ2v) is 5.44. The highest BCUT2D eigenvalue weighted by Crippen LogP contribution is 2.32. The molecule has 19 heavy (non-hydrogen) atoms. The van der Waals surface area contributed by atoms with E-state index in [4.69, 9.17) is 0 Å². The number of aromatic nitrogens is 1. The van der Waals surface area contributed by atoms with E-state index in [9.17, 15) is 9.59 Å². The van der Waals surface area contributed by atoms with Crippen LogP contribution in [-0.2, 0) is 4.79 Å². The Morgan fingerprint density at radius 3 is 2.89 bits per heavy atom. The van der Waals surface area contributed by atoms with Gasteiger partial charge >= 0.3 is 6.03 Å². The Labute approximate surface area is 112 Å². The molecular weight excluding hydrogens is 242 g/mol. The first kappa shape index (κ1) is 12.1. The quantitative estimate of drug-likeness (QED) is 0.724. The molecule has 3 heterocycles. The molecule has 0 saturated carbocycles. The topological polar surface area (TPSA) is 53.5 Å². The van der Waals surface area contributed by atoms with E-state index in [1.54, 1.807) is 17.2 Å². The maximum Gasteiger partial charge on any atom is 0.333 e. The van der Waals surface area contributed by atoms with Gasteiger partial charge in [-0.2, -0.15) is 0 Å². The largest absolute Gasteiger partial charge is 0.333 e. The third kappa shape index (κ3) is 1.80. The molecule has 1 aromatic heterocycles. The molecule has 2 saturated heterocycles. The van der Waals surface area contributed by atoms with Gasteiger partial charge in [-0.3, -0.25) is 4.79 Å². The zero-order valence-electron chi connectivity index (χ0n) is 11.2. The lowest BCUT2D eigenvalue weighted by atomic mass is 9.93. The molecule has 2 aliphatic rings. The molecule has 0 aliphatic carbocycles. The van der Waals surface area contributed by atoms with Crippen molar-refractivity contribution in [2.45, 2.75) is 32.7 Å². The van der Waals surface area contributed by atoms with Crippen LogP contribution in [0.25, 0.3) is 0 Å². The summed E-state index contributed by atoms with van der Waals surface area (Å²) in [6, 6.07) is 3.16. The number of piperidine rings is 1. The number of carbonyl (C=O) groups is 2. The fourth-order valence-corrected chi connectivity index (χ4v) is 2.88. The van der Waals surface area contributed by atoms with Crippen LogP contribution in [0.2, 0.25) is 0 Å². The third-order valence-electron chi connectivity index (χ3n) is 4.00. The van der Waals surface area contributed by atoms with Gasteiger partial charge < -0.3 is 4.90 Å². The maximum absolute atomic E-state index is 12.5. The Balaban J connectivity index is 1.98. The number of aryl methyl sites for hydroxylation is 1. The van der Waals surface area contributed by atoms with Gasteiger partial charge in [0.25, 0.3) is 5.91 Å². The number of urea groups is 1. The van der Waals surface area contributed by atoms with Crippen molar-refractivity contribution < 1.29 is 9.59 Å². The Morgan fingerprint density at radius 2 is 2.16 bits per heavy atom. The first-order valence-electron chi connectivity index (χ1n) is 6.66. The summed E-state index contributed by atoms with van der Waals surface area (Å²) in [5.74, 6) is 0.834. The lowest BCUT2D eigenvalue weighted by molar-refractivity contribution is -0.120. The number of carbonyl (C=O) groups excluding carboxylic acids is 2. The van der Waals surface area contributed by atoms with Crippen LogP contribution in [0.15, 0.2) is 18.3 Å². The highest BCUT2D eigenvalue weighted by Gasteiger charge is 2.48. The lowest BCUT2D eigenvalue weighted by Crippen LogP contribution is -2.41. The molecule has 0 aromatic carbocycles. The van der Waals surface area contributed by atoms with Crippen LogP contribution in [0.1, 0.15) is 25.3 Å². The van der Waals surface area contributed by atoms with Gasteiger partial charge in [-0.05, 0) is 37.3 Å². The molecule has 5 nitrogen and oxygen atoms in total. The Morgan fingerprint density at radius 1 is 1.37 bits per heavy atom. The van der Waals surface area contributed by atoms with Gasteiger partial charge in [0.15, 0.2) is 0 Å². The summed E-state index contributed by atoms with van der Waals surface area (Å²) in [4.78, 5) is 32.0. The summed E-state index contributed by atoms with van der Waals surface area (Å²) in [6.45, 7) is 4.66. The average molecular weight is 259 g/mol. The fourth-order valence-electron chi connectivity index (χ4n) is 2.88. The number of hydrogen-bond acceptors (Lipinski definition) is 3. The molecule has 0 N–H and O–H groups in total. The number of pyridine rings is 1. The van der Waals surface area contributed by atoms with Crippen LogP contribution in [0.4, 0.5) is 10.6 Å². The van der Waals surface area contributed by atoms with Gasteiger partial charge in [0.2, 0.25) is 0 Å². The number of nitrogens with zero attached hydrogens (tertiary/aromatic N) is 3. The van der Waals surface area contributed by atoms with E-state index in [-0.39, 0.29) is 18.0 Å². The summed E-state index contributed by atoms with van der Waals surface area (Å²) < 4.78 is 0. The molecule has 2 aliphatic heterocycles. The molecule has 100 valence electrons. The fraction of sp³-hybridized carbons (Fsp3) is 0.500. The van der Waals surface area contributed by atoms with Crippen molar-refractivity contribution in [1.82, 2.24) is 9.88 Å². The van der Waals surface area contributed by atoms with E-state index in [0.29, 0.717) is 18.3 Å². The minimum Gasteiger partial charge on any atom is -0.312 e. The highest BCUT2D eigenvalue weighted by molar-refractivity contribution is 6.21. The van der Waals surface area contributed by atoms with Crippen LogP contribution < -0.4 is 4.90 Å². The lowest BCUT2D eigenvalue weighted by Gasteiger charge is -2.30. The van der Waals surface area contributed by atoms with Gasteiger partial charge in [-0.15, -0.1) is 0 Å². The smallest absolute Gasteiger partial charge is 0.312 e. The van der Waals surface area contributed by atoms with E-state index in [1.165, 1.54) is 4.90 Å². The molecule has 1 aromatic rings. The van der Waals surface area contributed by atoms with Crippen molar-refractivity contribution in [3.05, 3.63) is 23.9 Å². The molecule has 5 heteroatoms. The van der Waals surface area contributed by atoms with E-state index >= 15 is 0 Å². The van der Waals surface area contributed by atoms with Gasteiger partial charge in [-0.25, -0.2) is 14.7 Å². The zero-order chi connectivity index (χ0) is 13.6. The van der Waals surface area contributed by atoms with Gasteiger partial charge in [0.05, 0.1) is 0 Å². The van der Waals surface area contributed by atoms with Crippen molar-refractivity contribution in [2.75, 3.05) is 11.4 Å². The van der Waals surface area contributed by atoms with Crippen LogP contribution in [0, 0.1) is 12.8 Å². The number of rotatable bonds is 1. The molecule has 0 spiro atoms. The summed E-state index contributed by atoms with van der Waals surface area (Å²) in [5, 5.41) is 0. The van der Waals surface area contributed by atoms with Crippen molar-refractivity contribution >= 4 is 17.8 Å². The first-order valence-corrected chi connectivity index (χ1v) is 6.66. The zero-order valence-corrected chi connectivity index (χ0v) is 11.2. The minimum absolute atomic E-state index is 0.127. The standard InChI is InChI=1S/C14H17N3O2/c1-9-5-7-16-11(8-9)13(18)17(14(16)19)12-10(2)4-3-6-15-12/h3-4,6,9,11H,5,7-8H2,1-2H3/t9-,11-/m1/s1. The molecule has 0 bridgehead atoms. The van der Waals surface area contributed by atoms with Crippen molar-refractivity contribution in [3.8, 4) is 0 Å². The molecule has 0 unspecified atom stereocenters. The Hall–Kier alpha value is -1.91. The maximum atomic E-state index is 12.5. The highest BCUT2D eigenvalue weighted by atomic mass is 16.2. The van der Waals surface area contributed by atoms with Crippen molar-refractivity contribution in [2.24, 2.45) is 5.92 Å². The number of imide groups is 1. The third-order valence-corrected chi connectivity index (χ3v) is 4.00. The summed E-state index contributed by atoms with van der Waals surface area (Å²) in [5.41, 5.74) is 0.845. The summed E-state index contributed by atoms with van der Waals surface area (Å²) in [7, 11) is 0. The Kier molecular flexibility index (Phi) is 2.77. The van der Waals surface area contributed by atoms with Crippen LogP contribution in [0.5, 0.6) is 0 Å². The van der Waals surface area contributed by atoms with Crippen LogP contribution in [-0.4, -0.2) is 34.4 Å². The molecular formula is C14H17N3O2. The normalized spacial score (nSPS) is 26.8. The van der Waals surface area contributed by atoms with Gasteiger partial charge in [0.1, 0.15) is 11.9 Å². The first-order chi connectivity index (χ1) is 9.09. The number of anilines is 1. The summed E-state index contributed by atoms with van der Waals surface area (Å²) >= 11 is 0. The molecule has 3 rings (SSSR count). The molecule has 2 atom stereocenters. The summed E-state index contributed by atoms with van der Waals surface area (Å²) in [6.07, 6.45) is 3.33. The van der Waals surface area contributed by atoms with Crippen molar-refractivity contribution in [3.63, 3.8) is 0 Å². The van der Waals surface area contributed by atoms with E-state index in [0.717, 1.165) is 18.4 Å². The molecule has 0 radical (unpaired) electrons. The van der Waals surface area contributed by atoms with Gasteiger partial charge in [-0.1, -0.05) is 13.0 Å². The van der Waals surface area contributed by atoms with Crippen LogP contribution >= 0.6 is 0 Å².